The van der Waals surface area contributed by atoms with Crippen molar-refractivity contribution in [2.45, 2.75) is 44.6 Å². The Kier molecular flexibility index (Phi) is 5.33. The van der Waals surface area contributed by atoms with Crippen LogP contribution in [-0.4, -0.2) is 48.1 Å². The van der Waals surface area contributed by atoms with Gasteiger partial charge in [-0.1, -0.05) is 31.0 Å². The summed E-state index contributed by atoms with van der Waals surface area (Å²) in [6.45, 7) is 4.10. The van der Waals surface area contributed by atoms with Gasteiger partial charge in [0.25, 0.3) is 0 Å². The molecule has 0 radical (unpaired) electrons. The molecule has 3 rings (SSSR count). The van der Waals surface area contributed by atoms with E-state index in [1.165, 1.54) is 38.8 Å². The monoisotopic (exact) mass is 302 g/mol. The van der Waals surface area contributed by atoms with Crippen molar-refractivity contribution < 1.29 is 9.53 Å². The van der Waals surface area contributed by atoms with E-state index in [1.807, 2.05) is 35.2 Å². The number of hydrogen-bond acceptors (Lipinski definition) is 3. The standard InChI is InChI=1S/C18H26N2O2/c21-18(22-17-8-4-3-5-9-17)20-14-10-16(11-15-20)19-12-6-1-2-7-13-19/h3-5,8-9,16H,1-2,6-7,10-15H2. The smallest absolute Gasteiger partial charge is 0.410 e. The SMILES string of the molecule is O=C(Oc1ccccc1)N1CCC(N2CCCCCC2)CC1. The molecule has 2 heterocycles. The first-order valence-electron chi connectivity index (χ1n) is 8.59. The van der Waals surface area contributed by atoms with Crippen LogP contribution in [0.5, 0.6) is 5.75 Å². The summed E-state index contributed by atoms with van der Waals surface area (Å²) in [6.07, 6.45) is 7.35. The number of para-hydroxylation sites is 1. The number of benzene rings is 1. The summed E-state index contributed by atoms with van der Waals surface area (Å²) < 4.78 is 5.43. The predicted octanol–water partition coefficient (Wildman–Crippen LogP) is 3.53. The maximum atomic E-state index is 12.2. The van der Waals surface area contributed by atoms with E-state index in [4.69, 9.17) is 4.74 Å². The minimum Gasteiger partial charge on any atom is -0.410 e. The summed E-state index contributed by atoms with van der Waals surface area (Å²) in [7, 11) is 0. The average Bonchev–Trinajstić information content (AvgIpc) is 2.85. The number of hydrogen-bond donors (Lipinski definition) is 0. The fourth-order valence-electron chi connectivity index (χ4n) is 3.53. The van der Waals surface area contributed by atoms with Gasteiger partial charge in [-0.2, -0.15) is 0 Å². The van der Waals surface area contributed by atoms with Crippen molar-refractivity contribution in [3.05, 3.63) is 30.3 Å². The molecule has 0 atom stereocenters. The number of piperidine rings is 1. The van der Waals surface area contributed by atoms with Crippen LogP contribution in [0.25, 0.3) is 0 Å². The summed E-state index contributed by atoms with van der Waals surface area (Å²) in [5, 5.41) is 0. The zero-order valence-corrected chi connectivity index (χ0v) is 13.2. The zero-order valence-electron chi connectivity index (χ0n) is 13.2. The molecule has 0 aliphatic carbocycles. The molecule has 2 aliphatic rings. The van der Waals surface area contributed by atoms with Crippen molar-refractivity contribution >= 4 is 6.09 Å². The maximum absolute atomic E-state index is 12.2. The van der Waals surface area contributed by atoms with E-state index in [0.29, 0.717) is 11.8 Å². The molecule has 0 aromatic heterocycles. The van der Waals surface area contributed by atoms with Crippen LogP contribution >= 0.6 is 0 Å². The Hall–Kier alpha value is -1.55. The lowest BCUT2D eigenvalue weighted by Crippen LogP contribution is -2.47. The topological polar surface area (TPSA) is 32.8 Å². The second-order valence-electron chi connectivity index (χ2n) is 6.35. The van der Waals surface area contributed by atoms with Crippen LogP contribution in [0.15, 0.2) is 30.3 Å². The quantitative estimate of drug-likeness (QED) is 0.838. The second-order valence-corrected chi connectivity index (χ2v) is 6.35. The number of carbonyl (C=O) groups is 1. The Bertz CT molecular complexity index is 461. The number of likely N-dealkylation sites (tertiary alicyclic amines) is 2. The summed E-state index contributed by atoms with van der Waals surface area (Å²) >= 11 is 0. The molecule has 120 valence electrons. The maximum Gasteiger partial charge on any atom is 0.415 e. The molecule has 2 aliphatic heterocycles. The molecule has 0 unspecified atom stereocenters. The van der Waals surface area contributed by atoms with Crippen LogP contribution in [0.2, 0.25) is 0 Å². The van der Waals surface area contributed by atoms with E-state index < -0.39 is 0 Å². The lowest BCUT2D eigenvalue weighted by Gasteiger charge is -2.37. The highest BCUT2D eigenvalue weighted by Crippen LogP contribution is 2.21. The van der Waals surface area contributed by atoms with Gasteiger partial charge in [0.2, 0.25) is 0 Å². The van der Waals surface area contributed by atoms with Gasteiger partial charge in [0.15, 0.2) is 0 Å². The van der Waals surface area contributed by atoms with E-state index in [1.54, 1.807) is 0 Å². The Morgan fingerprint density at radius 3 is 2.18 bits per heavy atom. The Balaban J connectivity index is 1.47. The molecule has 2 fully saturated rings. The zero-order chi connectivity index (χ0) is 15.2. The van der Waals surface area contributed by atoms with Crippen molar-refractivity contribution in [3.8, 4) is 5.75 Å². The van der Waals surface area contributed by atoms with Gasteiger partial charge in [0.05, 0.1) is 0 Å². The first kappa shape index (κ1) is 15.3. The largest absolute Gasteiger partial charge is 0.415 e. The molecular weight excluding hydrogens is 276 g/mol. The Labute approximate surface area is 133 Å². The van der Waals surface area contributed by atoms with Crippen LogP contribution in [0.3, 0.4) is 0 Å². The number of ether oxygens (including phenoxy) is 1. The first-order valence-corrected chi connectivity index (χ1v) is 8.59. The van der Waals surface area contributed by atoms with Crippen molar-refractivity contribution in [3.63, 3.8) is 0 Å². The van der Waals surface area contributed by atoms with Gasteiger partial charge in [-0.25, -0.2) is 4.79 Å². The Morgan fingerprint density at radius 1 is 0.909 bits per heavy atom. The molecule has 22 heavy (non-hydrogen) atoms. The fraction of sp³-hybridized carbons (Fsp3) is 0.611. The summed E-state index contributed by atoms with van der Waals surface area (Å²) in [6, 6.07) is 9.98. The minimum absolute atomic E-state index is 0.208. The summed E-state index contributed by atoms with van der Waals surface area (Å²) in [5.41, 5.74) is 0. The molecule has 1 aromatic rings. The van der Waals surface area contributed by atoms with Crippen LogP contribution < -0.4 is 4.74 Å². The van der Waals surface area contributed by atoms with Gasteiger partial charge in [-0.15, -0.1) is 0 Å². The molecule has 4 heteroatoms. The van der Waals surface area contributed by atoms with Gasteiger partial charge in [-0.3, -0.25) is 0 Å². The van der Waals surface area contributed by atoms with Crippen molar-refractivity contribution in [2.75, 3.05) is 26.2 Å². The van der Waals surface area contributed by atoms with E-state index in [-0.39, 0.29) is 6.09 Å². The lowest BCUT2D eigenvalue weighted by molar-refractivity contribution is 0.100. The molecule has 4 nitrogen and oxygen atoms in total. The molecule has 2 saturated heterocycles. The highest BCUT2D eigenvalue weighted by atomic mass is 16.6. The highest BCUT2D eigenvalue weighted by Gasteiger charge is 2.27. The fourth-order valence-corrected chi connectivity index (χ4v) is 3.53. The molecule has 0 N–H and O–H groups in total. The molecule has 1 amide bonds. The summed E-state index contributed by atoms with van der Waals surface area (Å²) in [5.74, 6) is 0.627. The van der Waals surface area contributed by atoms with E-state index in [0.717, 1.165) is 25.9 Å². The second kappa shape index (κ2) is 7.63. The van der Waals surface area contributed by atoms with E-state index in [9.17, 15) is 4.79 Å². The third kappa shape index (κ3) is 4.01. The van der Waals surface area contributed by atoms with Crippen molar-refractivity contribution in [1.82, 2.24) is 9.80 Å². The van der Waals surface area contributed by atoms with E-state index >= 15 is 0 Å². The predicted molar refractivity (Wildman–Crippen MR) is 87.1 cm³/mol. The van der Waals surface area contributed by atoms with Crippen LogP contribution in [0, 0.1) is 0 Å². The van der Waals surface area contributed by atoms with Crippen LogP contribution in [0.4, 0.5) is 4.79 Å². The first-order chi connectivity index (χ1) is 10.8. The number of nitrogens with zero attached hydrogens (tertiary/aromatic N) is 2. The number of amides is 1. The molecule has 0 spiro atoms. The third-order valence-electron chi connectivity index (χ3n) is 4.83. The highest BCUT2D eigenvalue weighted by molar-refractivity contribution is 5.70. The van der Waals surface area contributed by atoms with Gasteiger partial charge < -0.3 is 14.5 Å². The Morgan fingerprint density at radius 2 is 1.55 bits per heavy atom. The van der Waals surface area contributed by atoms with Gasteiger partial charge in [0, 0.05) is 19.1 Å². The number of carbonyl (C=O) groups excluding carboxylic acids is 1. The molecule has 0 bridgehead atoms. The third-order valence-corrected chi connectivity index (χ3v) is 4.83. The van der Waals surface area contributed by atoms with Gasteiger partial charge in [0.1, 0.15) is 5.75 Å². The molecule has 1 aromatic carbocycles. The van der Waals surface area contributed by atoms with Gasteiger partial charge >= 0.3 is 6.09 Å². The van der Waals surface area contributed by atoms with E-state index in [2.05, 4.69) is 4.90 Å². The lowest BCUT2D eigenvalue weighted by atomic mass is 10.0. The van der Waals surface area contributed by atoms with Crippen molar-refractivity contribution in [2.24, 2.45) is 0 Å². The van der Waals surface area contributed by atoms with Crippen LogP contribution in [-0.2, 0) is 0 Å². The normalized spacial score (nSPS) is 21.4. The number of rotatable bonds is 2. The molecular formula is C18H26N2O2. The molecule has 0 saturated carbocycles. The minimum atomic E-state index is -0.208. The van der Waals surface area contributed by atoms with Gasteiger partial charge in [-0.05, 0) is 50.9 Å². The average molecular weight is 302 g/mol. The summed E-state index contributed by atoms with van der Waals surface area (Å²) in [4.78, 5) is 16.7. The van der Waals surface area contributed by atoms with Crippen LogP contribution in [0.1, 0.15) is 38.5 Å². The van der Waals surface area contributed by atoms with Crippen molar-refractivity contribution in [1.29, 1.82) is 0 Å².